The zero-order chi connectivity index (χ0) is 19.6. The van der Waals surface area contributed by atoms with E-state index in [1.54, 1.807) is 12.1 Å². The minimum Gasteiger partial charge on any atom is -0.344 e. The van der Waals surface area contributed by atoms with Crippen LogP contribution in [0.1, 0.15) is 37.5 Å². The van der Waals surface area contributed by atoms with Gasteiger partial charge in [0.05, 0.1) is 0 Å². The summed E-state index contributed by atoms with van der Waals surface area (Å²) >= 11 is 0. The average molecular weight is 367 g/mol. The maximum Gasteiger partial charge on any atom is 0.313 e. The molecule has 144 valence electrons. The predicted octanol–water partition coefficient (Wildman–Crippen LogP) is 3.35. The van der Waals surface area contributed by atoms with Crippen LogP contribution in [-0.4, -0.2) is 29.8 Å². The van der Waals surface area contributed by atoms with Crippen LogP contribution in [0, 0.1) is 0 Å². The van der Waals surface area contributed by atoms with Gasteiger partial charge in [0.1, 0.15) is 0 Å². The second-order valence-corrected chi connectivity index (χ2v) is 6.47. The second-order valence-electron chi connectivity index (χ2n) is 6.47. The van der Waals surface area contributed by atoms with Crippen LogP contribution in [0.25, 0.3) is 0 Å². The molecule has 0 aliphatic heterocycles. The molecular weight excluding hydrogens is 338 g/mol. The van der Waals surface area contributed by atoms with Crippen LogP contribution < -0.4 is 10.6 Å². The Morgan fingerprint density at radius 2 is 1.33 bits per heavy atom. The van der Waals surface area contributed by atoms with Crippen molar-refractivity contribution in [3.63, 3.8) is 0 Å². The van der Waals surface area contributed by atoms with Gasteiger partial charge in [0.2, 0.25) is 0 Å². The molecule has 2 amide bonds. The lowest BCUT2D eigenvalue weighted by molar-refractivity contribution is -0.136. The summed E-state index contributed by atoms with van der Waals surface area (Å²) in [6, 6.07) is 15.6. The number of hydrogen-bond donors (Lipinski definition) is 2. The van der Waals surface area contributed by atoms with Gasteiger partial charge in [0, 0.05) is 18.8 Å². The minimum atomic E-state index is -0.655. The highest BCUT2D eigenvalue weighted by atomic mass is 16.2. The fraction of sp³-hybridized carbons (Fsp3) is 0.364. The van der Waals surface area contributed by atoms with Crippen LogP contribution in [-0.2, 0) is 29.1 Å². The van der Waals surface area contributed by atoms with Gasteiger partial charge in [-0.2, -0.15) is 0 Å². The fourth-order valence-corrected chi connectivity index (χ4v) is 2.74. The molecule has 0 unspecified atom stereocenters. The molecule has 0 radical (unpaired) electrons. The lowest BCUT2D eigenvalue weighted by Gasteiger charge is -2.18. The Bertz CT molecular complexity index is 735. The second kappa shape index (κ2) is 10.5. The first kappa shape index (κ1) is 20.6. The number of nitrogens with zero attached hydrogens (tertiary/aromatic N) is 1. The van der Waals surface area contributed by atoms with Crippen molar-refractivity contribution < 1.29 is 9.59 Å². The molecule has 2 N–H and O–H groups in total. The maximum absolute atomic E-state index is 12.0. The molecule has 0 fully saturated rings. The highest BCUT2D eigenvalue weighted by Crippen LogP contribution is 2.10. The third-order valence-corrected chi connectivity index (χ3v) is 4.60. The number of benzene rings is 2. The van der Waals surface area contributed by atoms with Crippen LogP contribution >= 0.6 is 0 Å². The van der Waals surface area contributed by atoms with Crippen LogP contribution in [0.15, 0.2) is 48.5 Å². The van der Waals surface area contributed by atoms with Gasteiger partial charge in [-0.3, -0.25) is 14.5 Å². The van der Waals surface area contributed by atoms with E-state index >= 15 is 0 Å². The lowest BCUT2D eigenvalue weighted by atomic mass is 10.1. The number of carbonyl (C=O) groups excluding carboxylic acids is 2. The molecule has 0 heterocycles. The first-order valence-corrected chi connectivity index (χ1v) is 9.54. The van der Waals surface area contributed by atoms with Gasteiger partial charge in [-0.15, -0.1) is 0 Å². The zero-order valence-electron chi connectivity index (χ0n) is 16.4. The molecule has 5 nitrogen and oxygen atoms in total. The lowest BCUT2D eigenvalue weighted by Crippen LogP contribution is -2.34. The molecule has 0 aromatic heterocycles. The van der Waals surface area contributed by atoms with E-state index in [9.17, 15) is 9.59 Å². The number of carbonyl (C=O) groups is 2. The number of rotatable bonds is 8. The van der Waals surface area contributed by atoms with E-state index in [2.05, 4.69) is 48.4 Å². The van der Waals surface area contributed by atoms with Crippen molar-refractivity contribution >= 4 is 17.5 Å². The Kier molecular flexibility index (Phi) is 8.01. The van der Waals surface area contributed by atoms with Crippen molar-refractivity contribution in [2.75, 3.05) is 18.4 Å². The summed E-state index contributed by atoms with van der Waals surface area (Å²) in [5, 5.41) is 5.28. The third-order valence-electron chi connectivity index (χ3n) is 4.60. The summed E-state index contributed by atoms with van der Waals surface area (Å²) in [5.74, 6) is -1.29. The molecule has 27 heavy (non-hydrogen) atoms. The summed E-state index contributed by atoms with van der Waals surface area (Å²) in [4.78, 5) is 26.3. The Hall–Kier alpha value is -2.66. The summed E-state index contributed by atoms with van der Waals surface area (Å²) in [6.45, 7) is 9.64. The normalized spacial score (nSPS) is 10.7. The minimum absolute atomic E-state index is 0.326. The first-order chi connectivity index (χ1) is 13.0. The molecule has 0 aliphatic rings. The Balaban J connectivity index is 1.82. The fourth-order valence-electron chi connectivity index (χ4n) is 2.74. The van der Waals surface area contributed by atoms with Crippen LogP contribution in [0.4, 0.5) is 5.69 Å². The van der Waals surface area contributed by atoms with Crippen molar-refractivity contribution in [2.45, 2.75) is 40.3 Å². The quantitative estimate of drug-likeness (QED) is 0.704. The Labute approximate surface area is 161 Å². The standard InChI is InChI=1S/C22H29N3O2/c1-4-17-11-13-20(14-12-17)24-22(27)21(26)23-15-18-7-9-19(10-8-18)16-25(5-2)6-3/h7-14H,4-6,15-16H2,1-3H3,(H,23,26)(H,24,27). The van der Waals surface area contributed by atoms with E-state index in [0.717, 1.165) is 31.6 Å². The van der Waals surface area contributed by atoms with E-state index in [4.69, 9.17) is 0 Å². The topological polar surface area (TPSA) is 61.4 Å². The molecule has 5 heteroatoms. The predicted molar refractivity (Wildman–Crippen MR) is 109 cm³/mol. The smallest absolute Gasteiger partial charge is 0.313 e. The first-order valence-electron chi connectivity index (χ1n) is 9.54. The van der Waals surface area contributed by atoms with Gasteiger partial charge < -0.3 is 10.6 Å². The van der Waals surface area contributed by atoms with Gasteiger partial charge in [0.25, 0.3) is 0 Å². The molecule has 0 spiro atoms. The molecule has 0 saturated carbocycles. The monoisotopic (exact) mass is 367 g/mol. The summed E-state index contributed by atoms with van der Waals surface area (Å²) in [5.41, 5.74) is 4.00. The largest absolute Gasteiger partial charge is 0.344 e. The molecule has 2 aromatic carbocycles. The molecule has 0 bridgehead atoms. The van der Waals surface area contributed by atoms with E-state index in [1.165, 1.54) is 11.1 Å². The molecule has 0 atom stereocenters. The molecule has 0 saturated heterocycles. The number of amides is 2. The molecule has 2 aromatic rings. The Morgan fingerprint density at radius 1 is 0.778 bits per heavy atom. The SMILES string of the molecule is CCc1ccc(NC(=O)C(=O)NCc2ccc(CN(CC)CC)cc2)cc1. The van der Waals surface area contributed by atoms with E-state index in [-0.39, 0.29) is 0 Å². The van der Waals surface area contributed by atoms with Gasteiger partial charge >= 0.3 is 11.8 Å². The van der Waals surface area contributed by atoms with E-state index in [0.29, 0.717) is 12.2 Å². The number of nitrogens with one attached hydrogen (secondary N) is 2. The summed E-state index contributed by atoms with van der Waals surface area (Å²) in [6.07, 6.45) is 0.933. The summed E-state index contributed by atoms with van der Waals surface area (Å²) in [7, 11) is 0. The van der Waals surface area contributed by atoms with Crippen molar-refractivity contribution in [2.24, 2.45) is 0 Å². The van der Waals surface area contributed by atoms with Crippen LogP contribution in [0.3, 0.4) is 0 Å². The highest BCUT2D eigenvalue weighted by Gasteiger charge is 2.13. The van der Waals surface area contributed by atoms with Crippen LogP contribution in [0.2, 0.25) is 0 Å². The zero-order valence-corrected chi connectivity index (χ0v) is 16.4. The van der Waals surface area contributed by atoms with E-state index in [1.807, 2.05) is 24.3 Å². The van der Waals surface area contributed by atoms with E-state index < -0.39 is 11.8 Å². The van der Waals surface area contributed by atoms with Crippen molar-refractivity contribution in [1.29, 1.82) is 0 Å². The number of anilines is 1. The van der Waals surface area contributed by atoms with Crippen molar-refractivity contribution in [1.82, 2.24) is 10.2 Å². The van der Waals surface area contributed by atoms with Gasteiger partial charge in [0.15, 0.2) is 0 Å². The van der Waals surface area contributed by atoms with Gasteiger partial charge in [-0.1, -0.05) is 57.2 Å². The Morgan fingerprint density at radius 3 is 1.89 bits per heavy atom. The summed E-state index contributed by atoms with van der Waals surface area (Å²) < 4.78 is 0. The molecule has 0 aliphatic carbocycles. The van der Waals surface area contributed by atoms with Crippen LogP contribution in [0.5, 0.6) is 0 Å². The van der Waals surface area contributed by atoms with Crippen molar-refractivity contribution in [3.05, 3.63) is 65.2 Å². The highest BCUT2D eigenvalue weighted by molar-refractivity contribution is 6.39. The van der Waals surface area contributed by atoms with Crippen molar-refractivity contribution in [3.8, 4) is 0 Å². The average Bonchev–Trinajstić information content (AvgIpc) is 2.71. The molecule has 2 rings (SSSR count). The third kappa shape index (κ3) is 6.53. The number of hydrogen-bond acceptors (Lipinski definition) is 3. The maximum atomic E-state index is 12.0. The van der Waals surface area contributed by atoms with Gasteiger partial charge in [-0.05, 0) is 48.3 Å². The molecular formula is C22H29N3O2. The van der Waals surface area contributed by atoms with Gasteiger partial charge in [-0.25, -0.2) is 0 Å². The number of aryl methyl sites for hydroxylation is 1.